The van der Waals surface area contributed by atoms with Gasteiger partial charge in [-0.15, -0.1) is 0 Å². The summed E-state index contributed by atoms with van der Waals surface area (Å²) in [4.78, 5) is 2.37. The molecule has 0 aromatic heterocycles. The van der Waals surface area contributed by atoms with Crippen LogP contribution in [0.15, 0.2) is 42.5 Å². The lowest BCUT2D eigenvalue weighted by Crippen LogP contribution is -2.42. The summed E-state index contributed by atoms with van der Waals surface area (Å²) in [7, 11) is 1.71. The number of nitrogens with one attached hydrogen (secondary N) is 2. The molecule has 2 aromatic carbocycles. The standard InChI is InChI=1S/C19H24N4O/c1-24-19-7-3-2-6-18(19)23-10-4-5-16(13-23)22-15-8-9-17(21)14(11-15)12-20/h2-3,6-9,11-12,16,20,22H,4-5,10,13,21H2,1H3. The Morgan fingerprint density at radius 2 is 2.12 bits per heavy atom. The Bertz CT molecular complexity index is 716. The van der Waals surface area contributed by atoms with Crippen LogP contribution < -0.4 is 20.7 Å². The number of nitrogens with two attached hydrogens (primary N) is 1. The summed E-state index contributed by atoms with van der Waals surface area (Å²) < 4.78 is 5.49. The van der Waals surface area contributed by atoms with Crippen LogP contribution in [0.5, 0.6) is 5.75 Å². The maximum atomic E-state index is 7.44. The van der Waals surface area contributed by atoms with Gasteiger partial charge < -0.3 is 26.1 Å². The number of nitrogen functional groups attached to an aromatic ring is 1. The Morgan fingerprint density at radius 1 is 1.29 bits per heavy atom. The van der Waals surface area contributed by atoms with Crippen molar-refractivity contribution in [3.05, 3.63) is 48.0 Å². The van der Waals surface area contributed by atoms with E-state index >= 15 is 0 Å². The maximum Gasteiger partial charge on any atom is 0.142 e. The number of rotatable bonds is 5. The molecule has 0 bridgehead atoms. The summed E-state index contributed by atoms with van der Waals surface area (Å²) in [5.41, 5.74) is 9.40. The SMILES string of the molecule is COc1ccccc1N1CCCC(Nc2ccc(N)c(C=N)c2)C1. The fraction of sp³-hybridized carbons (Fsp3) is 0.316. The highest BCUT2D eigenvalue weighted by molar-refractivity contribution is 5.86. The fourth-order valence-electron chi connectivity index (χ4n) is 3.23. The number of ether oxygens (including phenoxy) is 1. The molecular weight excluding hydrogens is 300 g/mol. The van der Waals surface area contributed by atoms with Crippen LogP contribution in [0.2, 0.25) is 0 Å². The Morgan fingerprint density at radius 3 is 2.92 bits per heavy atom. The molecular formula is C19H24N4O. The molecule has 5 heteroatoms. The van der Waals surface area contributed by atoms with E-state index < -0.39 is 0 Å². The van der Waals surface area contributed by atoms with Gasteiger partial charge in [-0.2, -0.15) is 0 Å². The Balaban J connectivity index is 1.73. The van der Waals surface area contributed by atoms with Gasteiger partial charge in [0.2, 0.25) is 0 Å². The van der Waals surface area contributed by atoms with Gasteiger partial charge >= 0.3 is 0 Å². The number of para-hydroxylation sites is 2. The van der Waals surface area contributed by atoms with Gasteiger partial charge in [0.25, 0.3) is 0 Å². The summed E-state index contributed by atoms with van der Waals surface area (Å²) in [5, 5.41) is 11.0. The lowest BCUT2D eigenvalue weighted by Gasteiger charge is -2.36. The topological polar surface area (TPSA) is 74.4 Å². The second-order valence-electron chi connectivity index (χ2n) is 6.09. The van der Waals surface area contributed by atoms with Crippen LogP contribution in [0.25, 0.3) is 0 Å². The molecule has 0 radical (unpaired) electrons. The number of methoxy groups -OCH3 is 1. The van der Waals surface area contributed by atoms with Crippen LogP contribution in [-0.4, -0.2) is 32.5 Å². The molecule has 1 unspecified atom stereocenters. The van der Waals surface area contributed by atoms with E-state index in [2.05, 4.69) is 16.3 Å². The number of piperidine rings is 1. The van der Waals surface area contributed by atoms with Crippen LogP contribution >= 0.6 is 0 Å². The first kappa shape index (κ1) is 16.2. The maximum absolute atomic E-state index is 7.44. The first-order valence-corrected chi connectivity index (χ1v) is 8.26. The number of hydrogen-bond donors (Lipinski definition) is 3. The smallest absolute Gasteiger partial charge is 0.142 e. The van der Waals surface area contributed by atoms with E-state index in [9.17, 15) is 0 Å². The highest BCUT2D eigenvalue weighted by Crippen LogP contribution is 2.30. The van der Waals surface area contributed by atoms with Crippen molar-refractivity contribution in [2.45, 2.75) is 18.9 Å². The van der Waals surface area contributed by atoms with Gasteiger partial charge in [0, 0.05) is 42.3 Å². The van der Waals surface area contributed by atoms with Gasteiger partial charge in [-0.3, -0.25) is 0 Å². The highest BCUT2D eigenvalue weighted by atomic mass is 16.5. The van der Waals surface area contributed by atoms with Crippen molar-refractivity contribution < 1.29 is 4.74 Å². The van der Waals surface area contributed by atoms with Crippen LogP contribution in [0, 0.1) is 5.41 Å². The van der Waals surface area contributed by atoms with Crippen molar-refractivity contribution in [3.8, 4) is 5.75 Å². The van der Waals surface area contributed by atoms with E-state index in [1.54, 1.807) is 7.11 Å². The number of benzene rings is 2. The van der Waals surface area contributed by atoms with Crippen LogP contribution in [0.3, 0.4) is 0 Å². The molecule has 1 fully saturated rings. The van der Waals surface area contributed by atoms with Crippen molar-refractivity contribution >= 4 is 23.3 Å². The van der Waals surface area contributed by atoms with E-state index in [1.807, 2.05) is 36.4 Å². The van der Waals surface area contributed by atoms with Gasteiger partial charge in [0.15, 0.2) is 0 Å². The predicted octanol–water partition coefficient (Wildman–Crippen LogP) is 3.36. The van der Waals surface area contributed by atoms with Gasteiger partial charge in [-0.05, 0) is 43.2 Å². The average molecular weight is 324 g/mol. The molecule has 1 saturated heterocycles. The lowest BCUT2D eigenvalue weighted by molar-refractivity contribution is 0.411. The third-order valence-corrected chi connectivity index (χ3v) is 4.46. The molecule has 4 N–H and O–H groups in total. The van der Waals surface area contributed by atoms with Crippen molar-refractivity contribution in [2.75, 3.05) is 36.1 Å². The highest BCUT2D eigenvalue weighted by Gasteiger charge is 2.22. The third-order valence-electron chi connectivity index (χ3n) is 4.46. The second-order valence-corrected chi connectivity index (χ2v) is 6.09. The summed E-state index contributed by atoms with van der Waals surface area (Å²) >= 11 is 0. The predicted molar refractivity (Wildman–Crippen MR) is 101 cm³/mol. The quantitative estimate of drug-likeness (QED) is 0.582. The molecule has 24 heavy (non-hydrogen) atoms. The van der Waals surface area contributed by atoms with Gasteiger partial charge in [0.1, 0.15) is 5.75 Å². The number of nitrogens with zero attached hydrogens (tertiary/aromatic N) is 1. The number of anilines is 3. The molecule has 5 nitrogen and oxygen atoms in total. The van der Waals surface area contributed by atoms with Gasteiger partial charge in [0.05, 0.1) is 12.8 Å². The second kappa shape index (κ2) is 7.25. The van der Waals surface area contributed by atoms with Crippen LogP contribution in [0.4, 0.5) is 17.1 Å². The van der Waals surface area contributed by atoms with Crippen molar-refractivity contribution in [1.82, 2.24) is 0 Å². The zero-order valence-corrected chi connectivity index (χ0v) is 14.0. The molecule has 0 saturated carbocycles. The molecule has 1 heterocycles. The van der Waals surface area contributed by atoms with E-state index in [0.717, 1.165) is 48.6 Å². The molecule has 2 aromatic rings. The summed E-state index contributed by atoms with van der Waals surface area (Å²) in [6.07, 6.45) is 3.54. The zero-order chi connectivity index (χ0) is 16.9. The minimum Gasteiger partial charge on any atom is -0.495 e. The first-order valence-electron chi connectivity index (χ1n) is 8.26. The monoisotopic (exact) mass is 324 g/mol. The summed E-state index contributed by atoms with van der Waals surface area (Å²) in [6.45, 7) is 1.96. The summed E-state index contributed by atoms with van der Waals surface area (Å²) in [6, 6.07) is 14.3. The molecule has 0 amide bonds. The van der Waals surface area contributed by atoms with E-state index in [-0.39, 0.29) is 0 Å². The molecule has 3 rings (SSSR count). The molecule has 126 valence electrons. The fourth-order valence-corrected chi connectivity index (χ4v) is 3.23. The zero-order valence-electron chi connectivity index (χ0n) is 14.0. The average Bonchev–Trinajstić information content (AvgIpc) is 2.63. The molecule has 0 aliphatic carbocycles. The third kappa shape index (κ3) is 3.45. The Labute approximate surface area is 142 Å². The normalized spacial score (nSPS) is 17.4. The van der Waals surface area contributed by atoms with Crippen LogP contribution in [0.1, 0.15) is 18.4 Å². The minimum absolute atomic E-state index is 0.353. The molecule has 1 atom stereocenters. The number of hydrogen-bond acceptors (Lipinski definition) is 5. The van der Waals surface area contributed by atoms with Gasteiger partial charge in [-0.25, -0.2) is 0 Å². The summed E-state index contributed by atoms with van der Waals surface area (Å²) in [5.74, 6) is 0.914. The molecule has 0 spiro atoms. The van der Waals surface area contributed by atoms with Crippen molar-refractivity contribution in [3.63, 3.8) is 0 Å². The van der Waals surface area contributed by atoms with E-state index in [4.69, 9.17) is 15.9 Å². The first-order chi connectivity index (χ1) is 11.7. The largest absolute Gasteiger partial charge is 0.495 e. The van der Waals surface area contributed by atoms with E-state index in [0.29, 0.717) is 11.7 Å². The van der Waals surface area contributed by atoms with Crippen molar-refractivity contribution in [1.29, 1.82) is 5.41 Å². The Kier molecular flexibility index (Phi) is 4.89. The van der Waals surface area contributed by atoms with Gasteiger partial charge in [-0.1, -0.05) is 12.1 Å². The Hall–Kier alpha value is -2.69. The molecule has 1 aliphatic rings. The molecule has 1 aliphatic heterocycles. The minimum atomic E-state index is 0.353. The van der Waals surface area contributed by atoms with Crippen molar-refractivity contribution in [2.24, 2.45) is 0 Å². The van der Waals surface area contributed by atoms with Crippen LogP contribution in [-0.2, 0) is 0 Å². The lowest BCUT2D eigenvalue weighted by atomic mass is 10.0. The van der Waals surface area contributed by atoms with E-state index in [1.165, 1.54) is 6.21 Å².